The van der Waals surface area contributed by atoms with E-state index in [1.165, 1.54) is 153 Å². The van der Waals surface area contributed by atoms with Crippen molar-refractivity contribution in [3.8, 4) is 34.5 Å². The van der Waals surface area contributed by atoms with Crippen LogP contribution in [0, 0.1) is 0 Å². The Kier molecular flexibility index (Phi) is 30.1. The van der Waals surface area contributed by atoms with Gasteiger partial charge in [0.25, 0.3) is 10.1 Å². The molecule has 0 radical (unpaired) electrons. The first-order valence-corrected chi connectivity index (χ1v) is 26.8. The van der Waals surface area contributed by atoms with Gasteiger partial charge in [0.2, 0.25) is 0 Å². The van der Waals surface area contributed by atoms with Gasteiger partial charge in [-0.25, -0.2) is 8.42 Å². The monoisotopic (exact) mass is 962 g/mol. The molecule has 10 nitrogen and oxygen atoms in total. The van der Waals surface area contributed by atoms with Crippen molar-refractivity contribution in [3.05, 3.63) is 96.1 Å². The number of hydrogen-bond donors (Lipinski definition) is 2. The van der Waals surface area contributed by atoms with Crippen molar-refractivity contribution in [3.63, 3.8) is 0 Å². The van der Waals surface area contributed by atoms with Crippen LogP contribution in [-0.4, -0.2) is 68.8 Å². The van der Waals surface area contributed by atoms with Crippen LogP contribution < -0.4 is 14.6 Å². The molecular formula is C52H74CaO10S2. The summed E-state index contributed by atoms with van der Waals surface area (Å²) < 4.78 is 76.3. The number of benzene rings is 4. The largest absolute Gasteiger partial charge is 2.00 e. The third kappa shape index (κ3) is 24.7. The SMILES string of the molecule is CCCCCCCCCCCCCCc1ccccc1Oc1ccc(S(=O)(=O)O)cc1O.CCCCCCCCCCCCCCc1ccccc1Oc1ccc(S(=O)(=O)[O-])cc1[O-].[Ca+2]. The molecule has 0 aromatic heterocycles. The van der Waals surface area contributed by atoms with E-state index in [9.17, 15) is 31.6 Å². The van der Waals surface area contributed by atoms with Crippen LogP contribution >= 0.6 is 0 Å². The molecule has 0 heterocycles. The quantitative estimate of drug-likeness (QED) is 0.0272. The molecule has 0 saturated heterocycles. The molecule has 4 aromatic carbocycles. The van der Waals surface area contributed by atoms with Gasteiger partial charge in [0.15, 0.2) is 11.5 Å². The summed E-state index contributed by atoms with van der Waals surface area (Å²) in [4.78, 5) is -0.910. The van der Waals surface area contributed by atoms with Gasteiger partial charge in [0, 0.05) is 6.07 Å². The summed E-state index contributed by atoms with van der Waals surface area (Å²) in [5.74, 6) is 0.442. The van der Waals surface area contributed by atoms with Crippen LogP contribution in [-0.2, 0) is 33.1 Å². The predicted octanol–water partition coefficient (Wildman–Crippen LogP) is 14.0. The van der Waals surface area contributed by atoms with Gasteiger partial charge in [0.1, 0.15) is 27.4 Å². The summed E-state index contributed by atoms with van der Waals surface area (Å²) in [5.41, 5.74) is 2.07. The van der Waals surface area contributed by atoms with Gasteiger partial charge in [-0.05, 0) is 79.3 Å². The molecule has 0 aliphatic rings. The van der Waals surface area contributed by atoms with Gasteiger partial charge in [0.05, 0.1) is 9.79 Å². The number of aromatic hydroxyl groups is 1. The molecule has 4 aromatic rings. The molecule has 0 saturated carbocycles. The minimum atomic E-state index is -4.66. The predicted molar refractivity (Wildman–Crippen MR) is 260 cm³/mol. The van der Waals surface area contributed by atoms with Gasteiger partial charge < -0.3 is 24.2 Å². The molecule has 0 atom stereocenters. The standard InChI is InChI=1S/2C26H38O5S.Ca/c2*1-2-3-4-5-6-7-8-9-10-11-12-13-16-22-17-14-15-18-25(22)31-26-20-19-23(21-24(26)27)32(28,29)30;/h2*14-15,17-21,27H,2-13,16H2,1H3,(H,28,29,30);/q;;+2/p-2. The van der Waals surface area contributed by atoms with Gasteiger partial charge in [-0.15, -0.1) is 0 Å². The molecule has 0 aliphatic carbocycles. The van der Waals surface area contributed by atoms with Crippen molar-refractivity contribution in [2.75, 3.05) is 0 Å². The molecule has 0 unspecified atom stereocenters. The smallest absolute Gasteiger partial charge is 0.870 e. The number of rotatable bonds is 32. The molecular weight excluding hydrogens is 889 g/mol. The van der Waals surface area contributed by atoms with Gasteiger partial charge in [-0.3, -0.25) is 4.55 Å². The van der Waals surface area contributed by atoms with Crippen LogP contribution in [0.5, 0.6) is 34.5 Å². The average Bonchev–Trinajstić information content (AvgIpc) is 3.26. The second-order valence-electron chi connectivity index (χ2n) is 16.9. The van der Waals surface area contributed by atoms with E-state index in [1.54, 1.807) is 6.07 Å². The average molecular weight is 963 g/mol. The first-order chi connectivity index (χ1) is 30.8. The topological polar surface area (TPSA) is 173 Å². The molecule has 4 rings (SSSR count). The van der Waals surface area contributed by atoms with E-state index < -0.39 is 30.9 Å². The van der Waals surface area contributed by atoms with E-state index in [-0.39, 0.29) is 59.9 Å². The Morgan fingerprint density at radius 1 is 0.462 bits per heavy atom. The number of aryl methyl sites for hydroxylation is 2. The Morgan fingerprint density at radius 2 is 0.815 bits per heavy atom. The molecule has 13 heteroatoms. The van der Waals surface area contributed by atoms with Crippen LogP contribution in [0.15, 0.2) is 94.7 Å². The first-order valence-electron chi connectivity index (χ1n) is 23.9. The fraction of sp³-hybridized carbons (Fsp3) is 0.538. The molecule has 65 heavy (non-hydrogen) atoms. The van der Waals surface area contributed by atoms with Crippen molar-refractivity contribution in [1.29, 1.82) is 0 Å². The number of unbranched alkanes of at least 4 members (excludes halogenated alkanes) is 22. The van der Waals surface area contributed by atoms with E-state index in [2.05, 4.69) is 13.8 Å². The first kappa shape index (κ1) is 58.3. The third-order valence-electron chi connectivity index (χ3n) is 11.4. The second kappa shape index (κ2) is 33.6. The van der Waals surface area contributed by atoms with Crippen molar-refractivity contribution in [2.24, 2.45) is 0 Å². The number of para-hydroxylation sites is 2. The Morgan fingerprint density at radius 3 is 1.18 bits per heavy atom. The second-order valence-corrected chi connectivity index (χ2v) is 19.7. The number of phenols is 1. The van der Waals surface area contributed by atoms with Crippen LogP contribution in [0.1, 0.15) is 179 Å². The van der Waals surface area contributed by atoms with E-state index in [4.69, 9.17) is 14.0 Å². The van der Waals surface area contributed by atoms with E-state index in [0.717, 1.165) is 61.4 Å². The Labute approximate surface area is 421 Å². The van der Waals surface area contributed by atoms with E-state index in [1.807, 2.05) is 42.5 Å². The van der Waals surface area contributed by atoms with Gasteiger partial charge in [-0.2, -0.15) is 8.42 Å². The molecule has 2 N–H and O–H groups in total. The van der Waals surface area contributed by atoms with E-state index >= 15 is 0 Å². The maximum absolute atomic E-state index is 12.1. The van der Waals surface area contributed by atoms with Crippen molar-refractivity contribution in [1.82, 2.24) is 0 Å². The van der Waals surface area contributed by atoms with Crippen molar-refractivity contribution in [2.45, 2.75) is 191 Å². The zero-order chi connectivity index (χ0) is 46.5. The summed E-state index contributed by atoms with van der Waals surface area (Å²) in [6.45, 7) is 4.50. The van der Waals surface area contributed by atoms with Crippen molar-refractivity contribution >= 4 is 58.0 Å². The summed E-state index contributed by atoms with van der Waals surface area (Å²) in [5, 5.41) is 22.2. The van der Waals surface area contributed by atoms with Gasteiger partial charge in [-0.1, -0.05) is 197 Å². The normalized spacial score (nSPS) is 11.4. The molecule has 0 bridgehead atoms. The number of hydrogen-bond acceptors (Lipinski definition) is 9. The van der Waals surface area contributed by atoms with Crippen LogP contribution in [0.2, 0.25) is 0 Å². The third-order valence-corrected chi connectivity index (χ3v) is 13.1. The van der Waals surface area contributed by atoms with Crippen LogP contribution in [0.3, 0.4) is 0 Å². The maximum atomic E-state index is 12.1. The molecule has 356 valence electrons. The number of ether oxygens (including phenoxy) is 2. The minimum Gasteiger partial charge on any atom is -0.870 e. The summed E-state index contributed by atoms with van der Waals surface area (Å²) in [6.07, 6.45) is 32.9. The van der Waals surface area contributed by atoms with Crippen molar-refractivity contribution < 1.29 is 45.6 Å². The molecule has 0 fully saturated rings. The Balaban J connectivity index is 0.000000440. The number of phenolic OH excluding ortho intramolecular Hbond substituents is 1. The van der Waals surface area contributed by atoms with Crippen LogP contribution in [0.4, 0.5) is 0 Å². The maximum Gasteiger partial charge on any atom is 2.00 e. The Hall–Kier alpha value is -2.84. The summed E-state index contributed by atoms with van der Waals surface area (Å²) in [6, 6.07) is 21.9. The molecule has 0 amide bonds. The molecule has 0 aliphatic heterocycles. The fourth-order valence-electron chi connectivity index (χ4n) is 7.64. The molecule has 0 spiro atoms. The van der Waals surface area contributed by atoms with Crippen LogP contribution in [0.25, 0.3) is 0 Å². The van der Waals surface area contributed by atoms with Gasteiger partial charge >= 0.3 is 37.7 Å². The Bertz CT molecular complexity index is 1970. The fourth-order valence-corrected chi connectivity index (χ4v) is 8.63. The van der Waals surface area contributed by atoms with E-state index in [0.29, 0.717) is 11.5 Å². The summed E-state index contributed by atoms with van der Waals surface area (Å²) in [7, 11) is -9.03. The zero-order valence-electron chi connectivity index (χ0n) is 39.2. The zero-order valence-corrected chi connectivity index (χ0v) is 43.0. The summed E-state index contributed by atoms with van der Waals surface area (Å²) >= 11 is 0. The minimum absolute atomic E-state index is 0.